The number of hydrogen-bond donors (Lipinski definition) is 1. The van der Waals surface area contributed by atoms with Crippen LogP contribution in [0.5, 0.6) is 0 Å². The molecule has 34 heavy (non-hydrogen) atoms. The molecular weight excluding hydrogens is 424 g/mol. The van der Waals surface area contributed by atoms with Crippen molar-refractivity contribution in [3.05, 3.63) is 89.0 Å². The molecule has 1 saturated heterocycles. The SMILES string of the molecule is O=C(NCc1ccccc1)N1CCC(Cn2cnc(-c3ccccc3)cc2=O)C2(CCCC2)C1. The molecule has 6 nitrogen and oxygen atoms in total. The molecule has 2 aliphatic rings. The van der Waals surface area contributed by atoms with Crippen LogP contribution in [0.25, 0.3) is 11.3 Å². The molecule has 0 bridgehead atoms. The Kier molecular flexibility index (Phi) is 6.48. The monoisotopic (exact) mass is 456 g/mol. The van der Waals surface area contributed by atoms with Gasteiger partial charge in [-0.25, -0.2) is 9.78 Å². The summed E-state index contributed by atoms with van der Waals surface area (Å²) in [7, 11) is 0. The lowest BCUT2D eigenvalue weighted by Crippen LogP contribution is -2.53. The van der Waals surface area contributed by atoms with E-state index in [2.05, 4.69) is 10.3 Å². The predicted molar refractivity (Wildman–Crippen MR) is 133 cm³/mol. The number of urea groups is 1. The van der Waals surface area contributed by atoms with Crippen molar-refractivity contribution < 1.29 is 4.79 Å². The second kappa shape index (κ2) is 9.84. The number of piperidine rings is 1. The summed E-state index contributed by atoms with van der Waals surface area (Å²) in [6.45, 7) is 2.70. The van der Waals surface area contributed by atoms with Gasteiger partial charge in [0.15, 0.2) is 0 Å². The third-order valence-electron chi connectivity index (χ3n) is 7.66. The summed E-state index contributed by atoms with van der Waals surface area (Å²) in [5, 5.41) is 3.09. The van der Waals surface area contributed by atoms with Gasteiger partial charge >= 0.3 is 6.03 Å². The van der Waals surface area contributed by atoms with Gasteiger partial charge in [0.05, 0.1) is 12.0 Å². The zero-order valence-electron chi connectivity index (χ0n) is 19.5. The highest BCUT2D eigenvalue weighted by atomic mass is 16.2. The van der Waals surface area contributed by atoms with Gasteiger partial charge in [0, 0.05) is 37.8 Å². The van der Waals surface area contributed by atoms with E-state index in [4.69, 9.17) is 0 Å². The van der Waals surface area contributed by atoms with Gasteiger partial charge in [-0.3, -0.25) is 9.36 Å². The smallest absolute Gasteiger partial charge is 0.317 e. The van der Waals surface area contributed by atoms with Crippen molar-refractivity contribution in [2.45, 2.75) is 45.2 Å². The molecule has 3 aromatic rings. The Bertz CT molecular complexity index is 1170. The summed E-state index contributed by atoms with van der Waals surface area (Å²) in [6, 6.07) is 21.5. The average Bonchev–Trinajstić information content (AvgIpc) is 3.34. The van der Waals surface area contributed by atoms with E-state index < -0.39 is 0 Å². The molecule has 2 fully saturated rings. The fourth-order valence-electron chi connectivity index (χ4n) is 5.76. The molecule has 1 N–H and O–H groups in total. The van der Waals surface area contributed by atoms with E-state index in [0.717, 1.165) is 43.5 Å². The van der Waals surface area contributed by atoms with Gasteiger partial charge in [-0.1, -0.05) is 73.5 Å². The molecule has 0 radical (unpaired) electrons. The molecule has 1 spiro atoms. The van der Waals surface area contributed by atoms with Crippen molar-refractivity contribution in [2.75, 3.05) is 13.1 Å². The lowest BCUT2D eigenvalue weighted by molar-refractivity contribution is 0.0388. The maximum absolute atomic E-state index is 13.0. The lowest BCUT2D eigenvalue weighted by atomic mass is 9.69. The number of hydrogen-bond acceptors (Lipinski definition) is 3. The Hall–Kier alpha value is -3.41. The van der Waals surface area contributed by atoms with Crippen LogP contribution in [0.3, 0.4) is 0 Å². The fraction of sp³-hybridized carbons (Fsp3) is 0.393. The molecule has 2 heterocycles. The molecule has 6 heteroatoms. The zero-order valence-corrected chi connectivity index (χ0v) is 19.5. The Morgan fingerprint density at radius 1 is 1.03 bits per heavy atom. The third kappa shape index (κ3) is 4.76. The molecule has 5 rings (SSSR count). The third-order valence-corrected chi connectivity index (χ3v) is 7.66. The molecular formula is C28H32N4O2. The number of benzene rings is 2. The number of nitrogens with one attached hydrogen (secondary N) is 1. The zero-order chi connectivity index (χ0) is 23.4. The van der Waals surface area contributed by atoms with Crippen LogP contribution in [0.1, 0.15) is 37.7 Å². The number of carbonyl (C=O) groups excluding carboxylic acids is 1. The van der Waals surface area contributed by atoms with E-state index in [1.807, 2.05) is 65.6 Å². The topological polar surface area (TPSA) is 67.2 Å². The summed E-state index contributed by atoms with van der Waals surface area (Å²) in [4.78, 5) is 32.4. The van der Waals surface area contributed by atoms with E-state index in [0.29, 0.717) is 24.7 Å². The maximum atomic E-state index is 13.0. The van der Waals surface area contributed by atoms with Gasteiger partial charge < -0.3 is 10.2 Å². The summed E-state index contributed by atoms with van der Waals surface area (Å²) in [6.07, 6.45) is 7.22. The minimum atomic E-state index is -0.00923. The molecule has 176 valence electrons. The van der Waals surface area contributed by atoms with Crippen molar-refractivity contribution in [2.24, 2.45) is 11.3 Å². The van der Waals surface area contributed by atoms with Gasteiger partial charge in [0.2, 0.25) is 0 Å². The first-order chi connectivity index (χ1) is 16.6. The molecule has 2 aromatic carbocycles. The molecule has 1 aliphatic heterocycles. The minimum absolute atomic E-state index is 0.00923. The predicted octanol–water partition coefficient (Wildman–Crippen LogP) is 4.70. The van der Waals surface area contributed by atoms with Gasteiger partial charge in [-0.2, -0.15) is 0 Å². The largest absolute Gasteiger partial charge is 0.334 e. The number of amides is 2. The normalized spacial score (nSPS) is 19.3. The summed E-state index contributed by atoms with van der Waals surface area (Å²) >= 11 is 0. The minimum Gasteiger partial charge on any atom is -0.334 e. The van der Waals surface area contributed by atoms with Gasteiger partial charge in [-0.15, -0.1) is 0 Å². The van der Waals surface area contributed by atoms with Crippen molar-refractivity contribution in [3.8, 4) is 11.3 Å². The standard InChI is InChI=1S/C28H32N4O2/c33-26-17-25(23-11-5-2-6-12-23)30-21-32(26)19-24-13-16-31(20-28(24)14-7-8-15-28)27(34)29-18-22-9-3-1-4-10-22/h1-6,9-12,17,21,24H,7-8,13-16,18-20H2,(H,29,34). The molecule has 1 unspecified atom stereocenters. The Morgan fingerprint density at radius 2 is 1.74 bits per heavy atom. The van der Waals surface area contributed by atoms with Gasteiger partial charge in [-0.05, 0) is 36.2 Å². The van der Waals surface area contributed by atoms with Crippen LogP contribution in [0, 0.1) is 11.3 Å². The maximum Gasteiger partial charge on any atom is 0.317 e. The molecule has 1 aromatic heterocycles. The van der Waals surface area contributed by atoms with Crippen LogP contribution in [0.15, 0.2) is 77.9 Å². The highest BCUT2D eigenvalue weighted by Crippen LogP contribution is 2.49. The molecule has 1 aliphatic carbocycles. The number of carbonyl (C=O) groups is 1. The second-order valence-electron chi connectivity index (χ2n) is 9.75. The Morgan fingerprint density at radius 3 is 2.44 bits per heavy atom. The number of nitrogens with zero attached hydrogens (tertiary/aromatic N) is 3. The molecule has 2 amide bonds. The van der Waals surface area contributed by atoms with Crippen LogP contribution in [0.2, 0.25) is 0 Å². The summed E-state index contributed by atoms with van der Waals surface area (Å²) < 4.78 is 1.77. The first kappa shape index (κ1) is 22.4. The van der Waals surface area contributed by atoms with Crippen LogP contribution < -0.4 is 10.9 Å². The van der Waals surface area contributed by atoms with Crippen LogP contribution in [-0.4, -0.2) is 33.6 Å². The molecule has 1 saturated carbocycles. The van der Waals surface area contributed by atoms with Crippen molar-refractivity contribution >= 4 is 6.03 Å². The first-order valence-corrected chi connectivity index (χ1v) is 12.3. The number of rotatable bonds is 5. The van der Waals surface area contributed by atoms with Crippen molar-refractivity contribution in [1.29, 1.82) is 0 Å². The highest BCUT2D eigenvalue weighted by Gasteiger charge is 2.46. The summed E-state index contributed by atoms with van der Waals surface area (Å²) in [5.41, 5.74) is 2.84. The second-order valence-corrected chi connectivity index (χ2v) is 9.75. The fourth-order valence-corrected chi connectivity index (χ4v) is 5.76. The van der Waals surface area contributed by atoms with Crippen molar-refractivity contribution in [3.63, 3.8) is 0 Å². The van der Waals surface area contributed by atoms with E-state index >= 15 is 0 Å². The highest BCUT2D eigenvalue weighted by molar-refractivity contribution is 5.74. The Balaban J connectivity index is 1.27. The quantitative estimate of drug-likeness (QED) is 0.605. The number of likely N-dealkylation sites (tertiary alicyclic amines) is 1. The van der Waals surface area contributed by atoms with E-state index in [1.165, 1.54) is 12.8 Å². The van der Waals surface area contributed by atoms with E-state index in [9.17, 15) is 9.59 Å². The Labute approximate surface area is 200 Å². The van der Waals surface area contributed by atoms with Crippen LogP contribution in [-0.2, 0) is 13.1 Å². The first-order valence-electron chi connectivity index (χ1n) is 12.3. The van der Waals surface area contributed by atoms with E-state index in [-0.39, 0.29) is 17.0 Å². The number of aromatic nitrogens is 2. The van der Waals surface area contributed by atoms with Crippen LogP contribution >= 0.6 is 0 Å². The van der Waals surface area contributed by atoms with Gasteiger partial charge in [0.1, 0.15) is 0 Å². The lowest BCUT2D eigenvalue weighted by Gasteiger charge is -2.46. The molecule has 1 atom stereocenters. The van der Waals surface area contributed by atoms with Crippen LogP contribution in [0.4, 0.5) is 4.79 Å². The summed E-state index contributed by atoms with van der Waals surface area (Å²) in [5.74, 6) is 0.371. The van der Waals surface area contributed by atoms with Crippen molar-refractivity contribution in [1.82, 2.24) is 19.8 Å². The van der Waals surface area contributed by atoms with Gasteiger partial charge in [0.25, 0.3) is 5.56 Å². The van der Waals surface area contributed by atoms with E-state index in [1.54, 1.807) is 17.0 Å². The average molecular weight is 457 g/mol.